The molecule has 0 saturated carbocycles. The van der Waals surface area contributed by atoms with Crippen LogP contribution in [0.4, 0.5) is 0 Å². The van der Waals surface area contributed by atoms with Crippen LogP contribution in [0, 0.1) is 0 Å². The van der Waals surface area contributed by atoms with E-state index in [9.17, 15) is 14.7 Å². The minimum absolute atomic E-state index is 0.178. The Balaban J connectivity index is 2.11. The van der Waals surface area contributed by atoms with E-state index in [1.807, 2.05) is 30.3 Å². The van der Waals surface area contributed by atoms with Crippen molar-refractivity contribution in [2.75, 3.05) is 0 Å². The molecule has 110 valence electrons. The first-order valence-electron chi connectivity index (χ1n) is 6.58. The van der Waals surface area contributed by atoms with Crippen LogP contribution in [0.25, 0.3) is 5.65 Å². The maximum Gasteiger partial charge on any atom is 0.358 e. The summed E-state index contributed by atoms with van der Waals surface area (Å²) in [4.78, 5) is 26.8. The second-order valence-corrected chi connectivity index (χ2v) is 4.85. The Kier molecular flexibility index (Phi) is 3.34. The number of pyridine rings is 1. The number of carbonyl (C=O) groups is 1. The summed E-state index contributed by atoms with van der Waals surface area (Å²) in [6.07, 6.45) is 2.17. The van der Waals surface area contributed by atoms with Gasteiger partial charge in [-0.05, 0) is 23.6 Å². The van der Waals surface area contributed by atoms with E-state index in [-0.39, 0.29) is 5.65 Å². The molecule has 2 N–H and O–H groups in total. The van der Waals surface area contributed by atoms with E-state index < -0.39 is 23.0 Å². The Morgan fingerprint density at radius 2 is 1.82 bits per heavy atom. The second kappa shape index (κ2) is 5.33. The number of hydrogen-bond acceptors (Lipinski definition) is 4. The molecule has 6 heteroatoms. The Morgan fingerprint density at radius 3 is 2.50 bits per heavy atom. The molecular formula is C16H12N2O4. The van der Waals surface area contributed by atoms with Crippen molar-refractivity contribution in [3.8, 4) is 5.75 Å². The van der Waals surface area contributed by atoms with E-state index in [0.717, 1.165) is 15.5 Å². The van der Waals surface area contributed by atoms with Gasteiger partial charge in [-0.2, -0.15) is 0 Å². The second-order valence-electron chi connectivity index (χ2n) is 4.85. The van der Waals surface area contributed by atoms with Crippen LogP contribution < -0.4 is 5.56 Å². The number of hydrogen-bond donors (Lipinski definition) is 2. The molecule has 6 nitrogen and oxygen atoms in total. The minimum atomic E-state index is -1.44. The van der Waals surface area contributed by atoms with Crippen molar-refractivity contribution in [2.45, 2.75) is 6.42 Å². The summed E-state index contributed by atoms with van der Waals surface area (Å²) >= 11 is 0. The lowest BCUT2D eigenvalue weighted by molar-refractivity contribution is 0.0686. The molecule has 0 fully saturated rings. The molecule has 0 aliphatic rings. The third-order valence-corrected chi connectivity index (χ3v) is 3.31. The standard InChI is InChI=1S/C16H12N2O4/c19-14-13(16(21)22)17-12-7-6-11(9-18(12)15(14)20)8-10-4-2-1-3-5-10/h1-7,9,19H,8H2,(H,21,22). The van der Waals surface area contributed by atoms with E-state index >= 15 is 0 Å². The highest BCUT2D eigenvalue weighted by atomic mass is 16.4. The minimum Gasteiger partial charge on any atom is -0.501 e. The summed E-state index contributed by atoms with van der Waals surface area (Å²) in [5.74, 6) is -2.30. The Hall–Kier alpha value is -3.15. The first-order chi connectivity index (χ1) is 10.6. The largest absolute Gasteiger partial charge is 0.501 e. The van der Waals surface area contributed by atoms with Crippen molar-refractivity contribution in [1.29, 1.82) is 0 Å². The number of aromatic hydroxyl groups is 1. The van der Waals surface area contributed by atoms with Crippen molar-refractivity contribution in [1.82, 2.24) is 9.38 Å². The van der Waals surface area contributed by atoms with E-state index in [4.69, 9.17) is 5.11 Å². The van der Waals surface area contributed by atoms with Gasteiger partial charge < -0.3 is 10.2 Å². The van der Waals surface area contributed by atoms with Crippen LogP contribution in [-0.4, -0.2) is 25.6 Å². The molecule has 2 aromatic heterocycles. The number of carboxylic acid groups (broad SMARTS) is 1. The van der Waals surface area contributed by atoms with Crippen LogP contribution in [0.15, 0.2) is 53.5 Å². The topological polar surface area (TPSA) is 91.9 Å². The van der Waals surface area contributed by atoms with Gasteiger partial charge in [-0.1, -0.05) is 36.4 Å². The number of rotatable bonds is 3. The predicted molar refractivity (Wildman–Crippen MR) is 79.3 cm³/mol. The molecular weight excluding hydrogens is 284 g/mol. The maximum atomic E-state index is 12.1. The molecule has 0 bridgehead atoms. The first kappa shape index (κ1) is 13.8. The summed E-state index contributed by atoms with van der Waals surface area (Å²) in [7, 11) is 0. The first-order valence-corrected chi connectivity index (χ1v) is 6.58. The van der Waals surface area contributed by atoms with Crippen molar-refractivity contribution in [3.05, 3.63) is 75.8 Å². The van der Waals surface area contributed by atoms with Crippen molar-refractivity contribution < 1.29 is 15.0 Å². The Bertz CT molecular complexity index is 917. The van der Waals surface area contributed by atoms with Crippen LogP contribution in [0.2, 0.25) is 0 Å². The van der Waals surface area contributed by atoms with Gasteiger partial charge in [-0.15, -0.1) is 0 Å². The molecule has 0 unspecified atom stereocenters. The van der Waals surface area contributed by atoms with Gasteiger partial charge in [0.2, 0.25) is 5.75 Å². The highest BCUT2D eigenvalue weighted by Gasteiger charge is 2.17. The molecule has 0 aliphatic heterocycles. The number of fused-ring (bicyclic) bond motifs is 1. The highest BCUT2D eigenvalue weighted by Crippen LogP contribution is 2.13. The third-order valence-electron chi connectivity index (χ3n) is 3.31. The third kappa shape index (κ3) is 2.42. The fraction of sp³-hybridized carbons (Fsp3) is 0.0625. The smallest absolute Gasteiger partial charge is 0.358 e. The average Bonchev–Trinajstić information content (AvgIpc) is 2.52. The van der Waals surface area contributed by atoms with Gasteiger partial charge in [0.05, 0.1) is 0 Å². The van der Waals surface area contributed by atoms with Crippen LogP contribution in [0.1, 0.15) is 21.6 Å². The molecule has 3 rings (SSSR count). The molecule has 0 atom stereocenters. The predicted octanol–water partition coefficient (Wildman–Crippen LogP) is 1.69. The zero-order valence-electron chi connectivity index (χ0n) is 11.4. The van der Waals surface area contributed by atoms with E-state index in [2.05, 4.69) is 4.98 Å². The molecule has 0 radical (unpaired) electrons. The van der Waals surface area contributed by atoms with E-state index in [1.54, 1.807) is 18.3 Å². The number of aromatic nitrogens is 2. The average molecular weight is 296 g/mol. The molecule has 1 aromatic carbocycles. The van der Waals surface area contributed by atoms with Gasteiger partial charge in [0.1, 0.15) is 5.65 Å². The quantitative estimate of drug-likeness (QED) is 0.767. The SMILES string of the molecule is O=C(O)c1nc2ccc(Cc3ccccc3)cn2c(=O)c1O. The summed E-state index contributed by atoms with van der Waals surface area (Å²) in [5.41, 5.74) is 0.675. The lowest BCUT2D eigenvalue weighted by Gasteiger charge is -2.07. The van der Waals surface area contributed by atoms with Crippen LogP contribution in [0.5, 0.6) is 5.75 Å². The van der Waals surface area contributed by atoms with Gasteiger partial charge in [0.25, 0.3) is 0 Å². The van der Waals surface area contributed by atoms with Crippen LogP contribution >= 0.6 is 0 Å². The van der Waals surface area contributed by atoms with Gasteiger partial charge >= 0.3 is 11.5 Å². The lowest BCUT2D eigenvalue weighted by atomic mass is 10.1. The monoisotopic (exact) mass is 296 g/mol. The molecule has 2 heterocycles. The molecule has 3 aromatic rings. The van der Waals surface area contributed by atoms with Crippen LogP contribution in [0.3, 0.4) is 0 Å². The summed E-state index contributed by atoms with van der Waals surface area (Å²) in [5, 5.41) is 18.6. The molecule has 0 aliphatic carbocycles. The van der Waals surface area contributed by atoms with Crippen LogP contribution in [-0.2, 0) is 6.42 Å². The summed E-state index contributed by atoms with van der Waals surface area (Å²) < 4.78 is 1.15. The zero-order chi connectivity index (χ0) is 15.7. The molecule has 0 saturated heterocycles. The van der Waals surface area contributed by atoms with E-state index in [0.29, 0.717) is 6.42 Å². The zero-order valence-corrected chi connectivity index (χ0v) is 11.4. The van der Waals surface area contributed by atoms with Gasteiger partial charge in [0, 0.05) is 6.20 Å². The van der Waals surface area contributed by atoms with Gasteiger partial charge in [-0.3, -0.25) is 9.20 Å². The lowest BCUT2D eigenvalue weighted by Crippen LogP contribution is -2.19. The summed E-state index contributed by atoms with van der Waals surface area (Å²) in [6.45, 7) is 0. The fourth-order valence-corrected chi connectivity index (χ4v) is 2.26. The highest BCUT2D eigenvalue weighted by molar-refractivity contribution is 5.88. The normalized spacial score (nSPS) is 10.7. The number of aromatic carboxylic acids is 1. The van der Waals surface area contributed by atoms with Gasteiger partial charge in [-0.25, -0.2) is 9.78 Å². The number of benzene rings is 1. The van der Waals surface area contributed by atoms with E-state index in [1.165, 1.54) is 0 Å². The molecule has 0 spiro atoms. The van der Waals surface area contributed by atoms with Crippen molar-refractivity contribution >= 4 is 11.6 Å². The Morgan fingerprint density at radius 1 is 1.09 bits per heavy atom. The maximum absolute atomic E-state index is 12.1. The van der Waals surface area contributed by atoms with Crippen molar-refractivity contribution in [2.24, 2.45) is 0 Å². The molecule has 0 amide bonds. The molecule has 22 heavy (non-hydrogen) atoms. The number of carboxylic acids is 1. The summed E-state index contributed by atoms with van der Waals surface area (Å²) in [6, 6.07) is 13.0. The van der Waals surface area contributed by atoms with Gasteiger partial charge in [0.15, 0.2) is 5.69 Å². The van der Waals surface area contributed by atoms with Crippen molar-refractivity contribution in [3.63, 3.8) is 0 Å². The fourth-order valence-electron chi connectivity index (χ4n) is 2.26. The Labute approximate surface area is 124 Å². The number of nitrogens with zero attached hydrogens (tertiary/aromatic N) is 2.